The lowest BCUT2D eigenvalue weighted by atomic mass is 10.1. The predicted octanol–water partition coefficient (Wildman–Crippen LogP) is 3.45. The Morgan fingerprint density at radius 1 is 1.17 bits per heavy atom. The van der Waals surface area contributed by atoms with Crippen LogP contribution < -0.4 is 11.0 Å². The summed E-state index contributed by atoms with van der Waals surface area (Å²) in [6.45, 7) is 2.61. The maximum Gasteiger partial charge on any atom is 0.280 e. The molecule has 0 spiro atoms. The number of unbranched alkanes of at least 4 members (excludes halogenated alkanes) is 3. The van der Waals surface area contributed by atoms with Gasteiger partial charge >= 0.3 is 0 Å². The Balaban J connectivity index is 1.93. The van der Waals surface area contributed by atoms with Gasteiger partial charge in [-0.05, 0) is 36.2 Å². The van der Waals surface area contributed by atoms with Crippen molar-refractivity contribution < 1.29 is 9.90 Å². The number of amides is 1. The van der Waals surface area contributed by atoms with Gasteiger partial charge in [0.2, 0.25) is 0 Å². The SMILES string of the molecule is CCCCCCn1c(=O)c(C(=O)NN=Cc2ccncc2)c(O)c2ccccc21. The van der Waals surface area contributed by atoms with Crippen molar-refractivity contribution in [2.24, 2.45) is 5.10 Å². The number of hydrogen-bond donors (Lipinski definition) is 2. The summed E-state index contributed by atoms with van der Waals surface area (Å²) in [5.41, 5.74) is 2.88. The first-order chi connectivity index (χ1) is 14.1. The van der Waals surface area contributed by atoms with Gasteiger partial charge < -0.3 is 9.67 Å². The van der Waals surface area contributed by atoms with Gasteiger partial charge in [0.25, 0.3) is 11.5 Å². The molecule has 2 N–H and O–H groups in total. The Kier molecular flexibility index (Phi) is 6.73. The molecule has 0 aliphatic carbocycles. The summed E-state index contributed by atoms with van der Waals surface area (Å²) < 4.78 is 1.56. The van der Waals surface area contributed by atoms with Crippen LogP contribution in [-0.2, 0) is 6.54 Å². The van der Waals surface area contributed by atoms with Crippen LogP contribution in [0.5, 0.6) is 5.75 Å². The summed E-state index contributed by atoms with van der Waals surface area (Å²) in [7, 11) is 0. The zero-order valence-corrected chi connectivity index (χ0v) is 16.3. The molecule has 0 aliphatic heterocycles. The number of nitrogens with one attached hydrogen (secondary N) is 1. The summed E-state index contributed by atoms with van der Waals surface area (Å²) in [5.74, 6) is -1.07. The topological polar surface area (TPSA) is 96.6 Å². The van der Waals surface area contributed by atoms with E-state index in [-0.39, 0.29) is 11.3 Å². The molecule has 150 valence electrons. The van der Waals surface area contributed by atoms with Gasteiger partial charge in [0.05, 0.1) is 11.7 Å². The van der Waals surface area contributed by atoms with Gasteiger partial charge in [-0.3, -0.25) is 14.6 Å². The summed E-state index contributed by atoms with van der Waals surface area (Å²) in [5, 5.41) is 15.0. The Morgan fingerprint density at radius 3 is 2.69 bits per heavy atom. The van der Waals surface area contributed by atoms with Crippen molar-refractivity contribution in [3.63, 3.8) is 0 Å². The second-order valence-electron chi connectivity index (χ2n) is 6.74. The van der Waals surface area contributed by atoms with Gasteiger partial charge in [-0.25, -0.2) is 5.43 Å². The number of hydrogen-bond acceptors (Lipinski definition) is 5. The predicted molar refractivity (Wildman–Crippen MR) is 113 cm³/mol. The first-order valence-corrected chi connectivity index (χ1v) is 9.71. The summed E-state index contributed by atoms with van der Waals surface area (Å²) >= 11 is 0. The fourth-order valence-corrected chi connectivity index (χ4v) is 3.18. The fourth-order valence-electron chi connectivity index (χ4n) is 3.18. The highest BCUT2D eigenvalue weighted by Gasteiger charge is 2.21. The molecule has 3 rings (SSSR count). The van der Waals surface area contributed by atoms with Crippen LogP contribution in [0.4, 0.5) is 0 Å². The number of aromatic hydroxyl groups is 1. The van der Waals surface area contributed by atoms with Crippen LogP contribution in [0.15, 0.2) is 58.7 Å². The van der Waals surface area contributed by atoms with E-state index in [1.807, 2.05) is 6.07 Å². The molecule has 29 heavy (non-hydrogen) atoms. The lowest BCUT2D eigenvalue weighted by molar-refractivity contribution is 0.0950. The van der Waals surface area contributed by atoms with Crippen LogP contribution in [-0.4, -0.2) is 26.8 Å². The average molecular weight is 392 g/mol. The van der Waals surface area contributed by atoms with Crippen molar-refractivity contribution in [3.8, 4) is 5.75 Å². The molecular formula is C22H24N4O3. The lowest BCUT2D eigenvalue weighted by Crippen LogP contribution is -2.31. The number of carbonyl (C=O) groups excluding carboxylic acids is 1. The van der Waals surface area contributed by atoms with Gasteiger partial charge in [0.1, 0.15) is 11.3 Å². The minimum Gasteiger partial charge on any atom is -0.506 e. The molecular weight excluding hydrogens is 368 g/mol. The third kappa shape index (κ3) is 4.68. The van der Waals surface area contributed by atoms with Crippen LogP contribution in [0, 0.1) is 0 Å². The van der Waals surface area contributed by atoms with Crippen molar-refractivity contribution in [1.29, 1.82) is 0 Å². The molecule has 2 heterocycles. The van der Waals surface area contributed by atoms with Crippen molar-refractivity contribution in [3.05, 3.63) is 70.3 Å². The standard InChI is InChI=1S/C22H24N4O3/c1-2-3-4-7-14-26-18-9-6-5-8-17(18)20(27)19(22(26)29)21(28)25-24-15-16-10-12-23-13-11-16/h5-6,8-13,15,27H,2-4,7,14H2,1H3,(H,25,28). The largest absolute Gasteiger partial charge is 0.506 e. The molecule has 0 saturated carbocycles. The quantitative estimate of drug-likeness (QED) is 0.349. The van der Waals surface area contributed by atoms with Crippen molar-refractivity contribution in [2.45, 2.75) is 39.2 Å². The van der Waals surface area contributed by atoms with E-state index in [4.69, 9.17) is 0 Å². The van der Waals surface area contributed by atoms with Gasteiger partial charge in [0, 0.05) is 24.3 Å². The van der Waals surface area contributed by atoms with Gasteiger partial charge in [-0.2, -0.15) is 5.10 Å². The highest BCUT2D eigenvalue weighted by atomic mass is 16.3. The number of benzene rings is 1. The van der Waals surface area contributed by atoms with Crippen molar-refractivity contribution in [2.75, 3.05) is 0 Å². The molecule has 0 saturated heterocycles. The monoisotopic (exact) mass is 392 g/mol. The number of hydrazone groups is 1. The molecule has 1 amide bonds. The number of nitrogens with zero attached hydrogens (tertiary/aromatic N) is 3. The molecule has 7 nitrogen and oxygen atoms in total. The number of aromatic nitrogens is 2. The smallest absolute Gasteiger partial charge is 0.280 e. The fraction of sp³-hybridized carbons (Fsp3) is 0.273. The Hall–Kier alpha value is -3.48. The second-order valence-corrected chi connectivity index (χ2v) is 6.74. The molecule has 0 atom stereocenters. The third-order valence-corrected chi connectivity index (χ3v) is 4.69. The van der Waals surface area contributed by atoms with E-state index >= 15 is 0 Å². The minimum absolute atomic E-state index is 0.300. The highest BCUT2D eigenvalue weighted by Crippen LogP contribution is 2.26. The number of aryl methyl sites for hydroxylation is 1. The first-order valence-electron chi connectivity index (χ1n) is 9.71. The number of rotatable bonds is 8. The molecule has 2 aromatic heterocycles. The number of fused-ring (bicyclic) bond motifs is 1. The Bertz CT molecular complexity index is 1070. The van der Waals surface area contributed by atoms with Crippen LogP contribution >= 0.6 is 0 Å². The maximum absolute atomic E-state index is 13.0. The summed E-state index contributed by atoms with van der Waals surface area (Å²) in [6.07, 6.45) is 8.65. The second kappa shape index (κ2) is 9.64. The van der Waals surface area contributed by atoms with E-state index in [1.165, 1.54) is 6.21 Å². The zero-order chi connectivity index (χ0) is 20.6. The maximum atomic E-state index is 13.0. The number of para-hydroxylation sites is 1. The zero-order valence-electron chi connectivity index (χ0n) is 16.3. The Labute approximate surface area is 168 Å². The third-order valence-electron chi connectivity index (χ3n) is 4.69. The van der Waals surface area contributed by atoms with Crippen LogP contribution in [0.2, 0.25) is 0 Å². The van der Waals surface area contributed by atoms with Crippen molar-refractivity contribution >= 4 is 23.0 Å². The van der Waals surface area contributed by atoms with Gasteiger partial charge in [-0.15, -0.1) is 0 Å². The van der Waals surface area contributed by atoms with E-state index in [9.17, 15) is 14.7 Å². The van der Waals surface area contributed by atoms with E-state index in [0.717, 1.165) is 31.2 Å². The molecule has 0 radical (unpaired) electrons. The van der Waals surface area contributed by atoms with Gasteiger partial charge in [-0.1, -0.05) is 38.3 Å². The van der Waals surface area contributed by atoms with Crippen LogP contribution in [0.3, 0.4) is 0 Å². The molecule has 0 bridgehead atoms. The first kappa shape index (κ1) is 20.3. The average Bonchev–Trinajstić information content (AvgIpc) is 2.74. The lowest BCUT2D eigenvalue weighted by Gasteiger charge is -2.14. The molecule has 3 aromatic rings. The molecule has 7 heteroatoms. The normalized spacial score (nSPS) is 11.2. The summed E-state index contributed by atoms with van der Waals surface area (Å²) in [6, 6.07) is 10.5. The molecule has 0 aliphatic rings. The molecule has 0 fully saturated rings. The van der Waals surface area contributed by atoms with E-state index in [2.05, 4.69) is 22.4 Å². The number of carbonyl (C=O) groups is 1. The van der Waals surface area contributed by atoms with Crippen LogP contribution in [0.25, 0.3) is 10.9 Å². The minimum atomic E-state index is -0.745. The molecule has 0 unspecified atom stereocenters. The highest BCUT2D eigenvalue weighted by molar-refractivity contribution is 6.02. The van der Waals surface area contributed by atoms with Crippen molar-refractivity contribution in [1.82, 2.24) is 15.0 Å². The van der Waals surface area contributed by atoms with E-state index in [1.54, 1.807) is 47.3 Å². The van der Waals surface area contributed by atoms with Crippen LogP contribution in [0.1, 0.15) is 48.5 Å². The molecule has 1 aromatic carbocycles. The van der Waals surface area contributed by atoms with E-state index < -0.39 is 11.5 Å². The number of pyridine rings is 2. The van der Waals surface area contributed by atoms with Gasteiger partial charge in [0.15, 0.2) is 0 Å². The Morgan fingerprint density at radius 2 is 1.93 bits per heavy atom. The van der Waals surface area contributed by atoms with E-state index in [0.29, 0.717) is 17.4 Å². The summed E-state index contributed by atoms with van der Waals surface area (Å²) in [4.78, 5) is 29.6.